The Kier molecular flexibility index (Phi) is 10.4. The van der Waals surface area contributed by atoms with Crippen LogP contribution in [0.25, 0.3) is 0 Å². The van der Waals surface area contributed by atoms with Gasteiger partial charge in [0.2, 0.25) is 0 Å². The first-order valence-electron chi connectivity index (χ1n) is 4.95. The third-order valence-electron chi connectivity index (χ3n) is 2.93. The minimum absolute atomic E-state index is 0. The van der Waals surface area contributed by atoms with Crippen molar-refractivity contribution < 1.29 is 29.6 Å². The topological polar surface area (TPSA) is 0 Å². The quantitative estimate of drug-likeness (QED) is 0.430. The van der Waals surface area contributed by atoms with Gasteiger partial charge < -0.3 is 5.82 Å². The molecule has 0 N–H and O–H groups in total. The monoisotopic (exact) mass is 174 g/mol. The predicted octanol–water partition coefficient (Wildman–Crippen LogP) is 0.451. The molecule has 0 rings (SSSR count). The Morgan fingerprint density at radius 3 is 1.58 bits per heavy atom. The van der Waals surface area contributed by atoms with E-state index in [9.17, 15) is 0 Å². The Bertz CT molecular complexity index is 143. The van der Waals surface area contributed by atoms with E-state index in [1.807, 2.05) is 0 Å². The van der Waals surface area contributed by atoms with E-state index in [4.69, 9.17) is 0 Å². The second-order valence-corrected chi connectivity index (χ2v) is 3.38. The van der Waals surface area contributed by atoms with Gasteiger partial charge in [-0.25, -0.2) is 0 Å². The number of rotatable bonds is 3. The first-order valence-corrected chi connectivity index (χ1v) is 4.95. The zero-order valence-corrected chi connectivity index (χ0v) is 11.4. The predicted molar refractivity (Wildman–Crippen MR) is 55.3 cm³/mol. The summed E-state index contributed by atoms with van der Waals surface area (Å²) in [6.07, 6.45) is 4.43. The molecule has 64 valence electrons. The van der Waals surface area contributed by atoms with Crippen molar-refractivity contribution in [3.05, 3.63) is 0 Å². The van der Waals surface area contributed by atoms with Crippen LogP contribution in [-0.4, -0.2) is 6.15 Å². The first kappa shape index (κ1) is 15.1. The van der Waals surface area contributed by atoms with Gasteiger partial charge in [-0.3, -0.25) is 0 Å². The Morgan fingerprint density at radius 1 is 0.917 bits per heavy atom. The Morgan fingerprint density at radius 2 is 1.33 bits per heavy atom. The molecule has 0 aromatic heterocycles. The molecular weight excluding hydrogens is 154 g/mol. The molecule has 0 saturated heterocycles. The van der Waals surface area contributed by atoms with Crippen molar-refractivity contribution in [1.29, 1.82) is 0 Å². The van der Waals surface area contributed by atoms with E-state index in [2.05, 4.69) is 39.4 Å². The maximum atomic E-state index is 3.44. The van der Waals surface area contributed by atoms with Crippen molar-refractivity contribution in [2.24, 2.45) is 0 Å². The van der Waals surface area contributed by atoms with Crippen LogP contribution in [0.4, 0.5) is 0 Å². The van der Waals surface area contributed by atoms with Gasteiger partial charge in [-0.05, 0) is 0 Å². The van der Waals surface area contributed by atoms with E-state index in [0.29, 0.717) is 0 Å². The molecule has 0 heterocycles. The summed E-state index contributed by atoms with van der Waals surface area (Å²) in [6.45, 7) is 8.90. The Labute approximate surface area is 100 Å². The van der Waals surface area contributed by atoms with Crippen molar-refractivity contribution in [1.82, 2.24) is 0 Å². The SMILES string of the molecule is CCC#C[B-](CC)(CC)CC.[Na+]. The Hall–Kier alpha value is 0.625. The molecule has 0 saturated carbocycles. The summed E-state index contributed by atoms with van der Waals surface area (Å²) in [6, 6.07) is 0. The second kappa shape index (κ2) is 8.23. The molecule has 12 heavy (non-hydrogen) atoms. The smallest absolute Gasteiger partial charge is 0.315 e. The molecule has 0 fully saturated rings. The fourth-order valence-corrected chi connectivity index (χ4v) is 1.49. The molecule has 0 aromatic carbocycles. The van der Waals surface area contributed by atoms with Crippen molar-refractivity contribution in [2.75, 3.05) is 0 Å². The van der Waals surface area contributed by atoms with E-state index < -0.39 is 0 Å². The standard InChI is InChI=1S/C10H20B.Na/c1-5-9-10-11(6-2,7-3)8-4;/h5-8H2,1-4H3;/q-1;+1. The zero-order valence-electron chi connectivity index (χ0n) is 9.41. The molecule has 0 aliphatic carbocycles. The van der Waals surface area contributed by atoms with E-state index in [1.54, 1.807) is 0 Å². The summed E-state index contributed by atoms with van der Waals surface area (Å²) >= 11 is 0. The van der Waals surface area contributed by atoms with E-state index in [1.165, 1.54) is 19.0 Å². The third-order valence-corrected chi connectivity index (χ3v) is 2.93. The van der Waals surface area contributed by atoms with Crippen LogP contribution in [0.15, 0.2) is 0 Å². The van der Waals surface area contributed by atoms with Crippen molar-refractivity contribution in [3.63, 3.8) is 0 Å². The van der Waals surface area contributed by atoms with E-state index in [-0.39, 0.29) is 35.7 Å². The summed E-state index contributed by atoms with van der Waals surface area (Å²) in [5.74, 6) is 6.66. The third kappa shape index (κ3) is 4.60. The van der Waals surface area contributed by atoms with Gasteiger partial charge >= 0.3 is 29.6 Å². The van der Waals surface area contributed by atoms with Crippen molar-refractivity contribution in [2.45, 2.75) is 53.1 Å². The fourth-order valence-electron chi connectivity index (χ4n) is 1.49. The summed E-state index contributed by atoms with van der Waals surface area (Å²) < 4.78 is 0. The van der Waals surface area contributed by atoms with Gasteiger partial charge in [-0.15, -0.1) is 0 Å². The van der Waals surface area contributed by atoms with Crippen LogP contribution < -0.4 is 29.6 Å². The minimum Gasteiger partial charge on any atom is -0.315 e. The van der Waals surface area contributed by atoms with Crippen LogP contribution in [0.1, 0.15) is 34.1 Å². The average molecular weight is 174 g/mol. The van der Waals surface area contributed by atoms with Crippen LogP contribution in [0.2, 0.25) is 19.0 Å². The van der Waals surface area contributed by atoms with Gasteiger partial charge in [-0.2, -0.15) is 24.9 Å². The fraction of sp³-hybridized carbons (Fsp3) is 0.800. The molecule has 0 aromatic rings. The second-order valence-electron chi connectivity index (χ2n) is 3.38. The maximum Gasteiger partial charge on any atom is 1.00 e. The molecule has 0 spiro atoms. The molecule has 0 bridgehead atoms. The number of hydrogen-bond donors (Lipinski definition) is 0. The van der Waals surface area contributed by atoms with Crippen LogP contribution in [0.3, 0.4) is 0 Å². The van der Waals surface area contributed by atoms with E-state index >= 15 is 0 Å². The first-order chi connectivity index (χ1) is 5.24. The largest absolute Gasteiger partial charge is 1.00 e. The summed E-state index contributed by atoms with van der Waals surface area (Å²) in [4.78, 5) is 0. The molecule has 0 unspecified atom stereocenters. The molecule has 0 amide bonds. The van der Waals surface area contributed by atoms with Gasteiger partial charge in [0.05, 0.1) is 6.15 Å². The molecule has 0 nitrogen and oxygen atoms in total. The minimum atomic E-state index is -0.321. The molecule has 0 aliphatic heterocycles. The van der Waals surface area contributed by atoms with Crippen LogP contribution >= 0.6 is 0 Å². The van der Waals surface area contributed by atoms with Gasteiger partial charge in [0.1, 0.15) is 0 Å². The van der Waals surface area contributed by atoms with Crippen LogP contribution in [-0.2, 0) is 0 Å². The number of hydrogen-bond acceptors (Lipinski definition) is 0. The normalized spacial score (nSPS) is 9.67. The summed E-state index contributed by atoms with van der Waals surface area (Å²) in [5, 5.41) is 0. The molecule has 0 radical (unpaired) electrons. The van der Waals surface area contributed by atoms with Gasteiger partial charge in [0.15, 0.2) is 0 Å². The molecular formula is C10H20BNa. The maximum absolute atomic E-state index is 3.44. The zero-order chi connectivity index (χ0) is 8.74. The summed E-state index contributed by atoms with van der Waals surface area (Å²) in [7, 11) is 0. The van der Waals surface area contributed by atoms with Crippen LogP contribution in [0, 0.1) is 11.7 Å². The Balaban J connectivity index is 0. The molecule has 2 heteroatoms. The average Bonchev–Trinajstić information content (AvgIpc) is 2.08. The van der Waals surface area contributed by atoms with Gasteiger partial charge in [-0.1, -0.05) is 27.7 Å². The molecule has 0 aliphatic rings. The van der Waals surface area contributed by atoms with Crippen molar-refractivity contribution in [3.8, 4) is 11.7 Å². The van der Waals surface area contributed by atoms with Gasteiger partial charge in [0.25, 0.3) is 0 Å². The van der Waals surface area contributed by atoms with Crippen molar-refractivity contribution >= 4 is 6.15 Å². The van der Waals surface area contributed by atoms with Crippen LogP contribution in [0.5, 0.6) is 0 Å². The molecule has 0 atom stereocenters. The van der Waals surface area contributed by atoms with Gasteiger partial charge in [0, 0.05) is 6.42 Å². The summed E-state index contributed by atoms with van der Waals surface area (Å²) in [5.41, 5.74) is 0. The van der Waals surface area contributed by atoms with E-state index in [0.717, 1.165) is 6.42 Å².